The van der Waals surface area contributed by atoms with E-state index in [1.54, 1.807) is 4.68 Å². The summed E-state index contributed by atoms with van der Waals surface area (Å²) in [6.45, 7) is 5.19. The number of benzene rings is 1. The van der Waals surface area contributed by atoms with Crippen LogP contribution in [0.1, 0.15) is 24.7 Å². The van der Waals surface area contributed by atoms with E-state index in [9.17, 15) is 0 Å². The Hall–Kier alpha value is -1.53. The van der Waals surface area contributed by atoms with E-state index >= 15 is 0 Å². The van der Waals surface area contributed by atoms with Gasteiger partial charge in [0.2, 0.25) is 4.77 Å². The van der Waals surface area contributed by atoms with Crippen molar-refractivity contribution < 1.29 is 4.74 Å². The molecule has 2 rings (SSSR count). The number of nitrogens with one attached hydrogen (secondary N) is 2. The van der Waals surface area contributed by atoms with Gasteiger partial charge in [-0.3, -0.25) is 5.10 Å². The van der Waals surface area contributed by atoms with Crippen LogP contribution in [0.25, 0.3) is 0 Å². The van der Waals surface area contributed by atoms with Crippen LogP contribution in [0.2, 0.25) is 5.02 Å². The quantitative estimate of drug-likeness (QED) is 0.802. The predicted octanol–water partition coefficient (Wildman–Crippen LogP) is 3.44. The number of hydrogen-bond acceptors (Lipinski definition) is 4. The number of aromatic amines is 1. The van der Waals surface area contributed by atoms with Crippen molar-refractivity contribution in [2.75, 3.05) is 12.0 Å². The molecule has 0 aliphatic rings. The van der Waals surface area contributed by atoms with Gasteiger partial charge in [0.05, 0.1) is 18.2 Å². The number of aryl methyl sites for hydroxylation is 1. The van der Waals surface area contributed by atoms with E-state index in [2.05, 4.69) is 22.5 Å². The maximum Gasteiger partial charge on any atom is 0.214 e. The molecule has 0 saturated heterocycles. The molecule has 1 aromatic carbocycles. The number of aromatic nitrogens is 3. The molecule has 0 unspecified atom stereocenters. The van der Waals surface area contributed by atoms with Crippen LogP contribution in [0.4, 0.5) is 0 Å². The van der Waals surface area contributed by atoms with E-state index in [1.165, 1.54) is 0 Å². The van der Waals surface area contributed by atoms with Gasteiger partial charge in [-0.1, -0.05) is 24.6 Å². The predicted molar refractivity (Wildman–Crippen MR) is 82.5 cm³/mol. The first-order valence-corrected chi connectivity index (χ1v) is 7.19. The van der Waals surface area contributed by atoms with Crippen LogP contribution < -0.4 is 10.2 Å². The second-order valence-electron chi connectivity index (χ2n) is 4.36. The lowest BCUT2D eigenvalue weighted by atomic mass is 10.2. The van der Waals surface area contributed by atoms with Crippen LogP contribution in [-0.2, 0) is 6.54 Å². The molecule has 0 aliphatic heterocycles. The van der Waals surface area contributed by atoms with Crippen molar-refractivity contribution in [2.24, 2.45) is 0 Å². The highest BCUT2D eigenvalue weighted by atomic mass is 35.5. The zero-order valence-corrected chi connectivity index (χ0v) is 13.0. The van der Waals surface area contributed by atoms with Gasteiger partial charge in [-0.05, 0) is 43.3 Å². The van der Waals surface area contributed by atoms with Crippen molar-refractivity contribution in [2.45, 2.75) is 26.8 Å². The van der Waals surface area contributed by atoms with E-state index < -0.39 is 0 Å². The van der Waals surface area contributed by atoms with Gasteiger partial charge in [0.15, 0.2) is 0 Å². The fraction of sp³-hybridized carbons (Fsp3) is 0.385. The molecular formula is C13H17ClN4OS. The van der Waals surface area contributed by atoms with Crippen molar-refractivity contribution in [3.8, 4) is 5.75 Å². The van der Waals surface area contributed by atoms with Crippen molar-refractivity contribution >= 4 is 23.8 Å². The van der Waals surface area contributed by atoms with Crippen molar-refractivity contribution in [1.82, 2.24) is 14.9 Å². The van der Waals surface area contributed by atoms with Crippen molar-refractivity contribution in [1.29, 1.82) is 0 Å². The first-order chi connectivity index (χ1) is 9.61. The van der Waals surface area contributed by atoms with Gasteiger partial charge < -0.3 is 10.2 Å². The lowest BCUT2D eigenvalue weighted by Crippen LogP contribution is -2.16. The minimum atomic E-state index is 0.538. The summed E-state index contributed by atoms with van der Waals surface area (Å²) in [6, 6.07) is 5.75. The Morgan fingerprint density at radius 1 is 1.50 bits per heavy atom. The Morgan fingerprint density at radius 2 is 2.30 bits per heavy atom. The van der Waals surface area contributed by atoms with Crippen LogP contribution in [0.5, 0.6) is 5.75 Å². The molecule has 1 heterocycles. The molecule has 0 spiro atoms. The number of rotatable bonds is 6. The minimum Gasteiger partial charge on any atom is -0.492 e. The lowest BCUT2D eigenvalue weighted by Gasteiger charge is -2.11. The van der Waals surface area contributed by atoms with Gasteiger partial charge in [0.1, 0.15) is 11.6 Å². The highest BCUT2D eigenvalue weighted by Crippen LogP contribution is 2.25. The largest absolute Gasteiger partial charge is 0.492 e. The van der Waals surface area contributed by atoms with E-state index in [0.29, 0.717) is 28.7 Å². The third kappa shape index (κ3) is 3.52. The smallest absolute Gasteiger partial charge is 0.214 e. The van der Waals surface area contributed by atoms with E-state index in [0.717, 1.165) is 17.8 Å². The number of nitrogens with zero attached hydrogens (tertiary/aromatic N) is 2. The van der Waals surface area contributed by atoms with Crippen LogP contribution >= 0.6 is 23.8 Å². The zero-order chi connectivity index (χ0) is 14.5. The summed E-state index contributed by atoms with van der Waals surface area (Å²) in [5, 5.41) is 7.37. The Bertz CT molecular complexity index is 638. The molecule has 0 radical (unpaired) electrons. The molecule has 5 nitrogen and oxygen atoms in total. The highest BCUT2D eigenvalue weighted by molar-refractivity contribution is 7.71. The number of ether oxygens (including phenoxy) is 1. The molecule has 108 valence electrons. The zero-order valence-electron chi connectivity index (χ0n) is 11.4. The average Bonchev–Trinajstić information content (AvgIpc) is 2.75. The second-order valence-corrected chi connectivity index (χ2v) is 5.15. The maximum absolute atomic E-state index is 6.19. The Labute approximate surface area is 127 Å². The van der Waals surface area contributed by atoms with Crippen molar-refractivity contribution in [3.05, 3.63) is 39.4 Å². The standard InChI is InChI=1S/C13H17ClN4OS/c1-3-6-19-12-5-4-10(7-11(12)14)8-15-18-9(2)16-17-13(18)20/h4-5,7,15H,3,6,8H2,1-2H3,(H,17,20). The molecule has 20 heavy (non-hydrogen) atoms. The number of hydrogen-bond donors (Lipinski definition) is 2. The van der Waals surface area contributed by atoms with Crippen LogP contribution in [0, 0.1) is 11.7 Å². The first kappa shape index (κ1) is 14.9. The molecule has 0 bridgehead atoms. The maximum atomic E-state index is 6.19. The summed E-state index contributed by atoms with van der Waals surface area (Å²) in [4.78, 5) is 0. The van der Waals surface area contributed by atoms with Gasteiger partial charge in [0, 0.05) is 0 Å². The summed E-state index contributed by atoms with van der Waals surface area (Å²) in [7, 11) is 0. The molecule has 2 aromatic rings. The summed E-state index contributed by atoms with van der Waals surface area (Å²) < 4.78 is 7.81. The molecule has 0 amide bonds. The Balaban J connectivity index is 2.04. The normalized spacial score (nSPS) is 10.6. The molecule has 0 atom stereocenters. The van der Waals surface area contributed by atoms with E-state index in [4.69, 9.17) is 28.6 Å². The van der Waals surface area contributed by atoms with Gasteiger partial charge in [-0.25, -0.2) is 4.68 Å². The van der Waals surface area contributed by atoms with E-state index in [-0.39, 0.29) is 0 Å². The molecule has 2 N–H and O–H groups in total. The summed E-state index contributed by atoms with van der Waals surface area (Å²) in [5.74, 6) is 1.50. The number of halogens is 1. The second kappa shape index (κ2) is 6.76. The molecular weight excluding hydrogens is 296 g/mol. The summed E-state index contributed by atoms with van der Waals surface area (Å²) >= 11 is 11.3. The minimum absolute atomic E-state index is 0.538. The topological polar surface area (TPSA) is 54.9 Å². The third-order valence-electron chi connectivity index (χ3n) is 2.74. The third-order valence-corrected chi connectivity index (χ3v) is 3.31. The van der Waals surface area contributed by atoms with Gasteiger partial charge >= 0.3 is 0 Å². The van der Waals surface area contributed by atoms with Crippen molar-refractivity contribution in [3.63, 3.8) is 0 Å². The van der Waals surface area contributed by atoms with E-state index in [1.807, 2.05) is 25.1 Å². The lowest BCUT2D eigenvalue weighted by molar-refractivity contribution is 0.317. The summed E-state index contributed by atoms with van der Waals surface area (Å²) in [6.07, 6.45) is 0.956. The summed E-state index contributed by atoms with van der Waals surface area (Å²) in [5.41, 5.74) is 4.23. The number of H-pyrrole nitrogens is 1. The van der Waals surface area contributed by atoms with Crippen LogP contribution in [0.15, 0.2) is 18.2 Å². The molecule has 0 fully saturated rings. The highest BCUT2D eigenvalue weighted by Gasteiger charge is 2.04. The Morgan fingerprint density at radius 3 is 2.90 bits per heavy atom. The molecule has 7 heteroatoms. The fourth-order valence-corrected chi connectivity index (χ4v) is 2.22. The monoisotopic (exact) mass is 312 g/mol. The molecule has 0 aliphatic carbocycles. The fourth-order valence-electron chi connectivity index (χ4n) is 1.72. The molecule has 1 aromatic heterocycles. The first-order valence-electron chi connectivity index (χ1n) is 6.41. The van der Waals surface area contributed by atoms with Gasteiger partial charge in [0.25, 0.3) is 0 Å². The Kier molecular flexibility index (Phi) is 5.03. The SMILES string of the molecule is CCCOc1ccc(CNn2c(C)n[nH]c2=S)cc1Cl. The molecule has 0 saturated carbocycles. The average molecular weight is 313 g/mol. The van der Waals surface area contributed by atoms with Crippen LogP contribution in [0.3, 0.4) is 0 Å². The van der Waals surface area contributed by atoms with Crippen LogP contribution in [-0.4, -0.2) is 21.5 Å². The van der Waals surface area contributed by atoms with Gasteiger partial charge in [-0.2, -0.15) is 5.10 Å². The van der Waals surface area contributed by atoms with Gasteiger partial charge in [-0.15, -0.1) is 0 Å².